The Morgan fingerprint density at radius 1 is 1.90 bits per heavy atom. The molecule has 1 rings (SSSR count). The second-order valence-electron chi connectivity index (χ2n) is 1.81. The lowest BCUT2D eigenvalue weighted by Crippen LogP contribution is -1.88. The second kappa shape index (κ2) is 3.33. The fourth-order valence-corrected chi connectivity index (χ4v) is 1.21. The number of hydrogen-bond donors (Lipinski definition) is 0. The largest absolute Gasteiger partial charge is 0.329 e. The highest BCUT2D eigenvalue weighted by atomic mass is 32.2. The van der Waals surface area contributed by atoms with Crippen molar-refractivity contribution < 1.29 is 0 Å². The van der Waals surface area contributed by atoms with Crippen molar-refractivity contribution in [3.8, 4) is 12.3 Å². The Morgan fingerprint density at radius 2 is 2.70 bits per heavy atom. The molecule has 0 saturated heterocycles. The number of hydrogen-bond acceptors (Lipinski definition) is 2. The molecule has 0 radical (unpaired) electrons. The fraction of sp³-hybridized carbons (Fsp3) is 0.286. The van der Waals surface area contributed by atoms with Crippen molar-refractivity contribution in [2.45, 2.75) is 5.16 Å². The summed E-state index contributed by atoms with van der Waals surface area (Å²) in [5.74, 6) is 3.23. The maximum absolute atomic E-state index is 5.09. The Hall–Kier alpha value is -0.880. The van der Waals surface area contributed by atoms with E-state index < -0.39 is 0 Å². The van der Waals surface area contributed by atoms with E-state index in [9.17, 15) is 0 Å². The fourth-order valence-electron chi connectivity index (χ4n) is 0.597. The molecular weight excluding hydrogens is 144 g/mol. The summed E-state index contributed by atoms with van der Waals surface area (Å²) in [5, 5.41) is 0.970. The Morgan fingerprint density at radius 3 is 3.20 bits per heavy atom. The molecule has 0 spiro atoms. The lowest BCUT2D eigenvalue weighted by molar-refractivity contribution is 0.791. The van der Waals surface area contributed by atoms with Gasteiger partial charge in [0.1, 0.15) is 0 Å². The van der Waals surface area contributed by atoms with Crippen molar-refractivity contribution in [1.29, 1.82) is 0 Å². The van der Waals surface area contributed by atoms with Crippen molar-refractivity contribution >= 4 is 11.8 Å². The van der Waals surface area contributed by atoms with Gasteiger partial charge in [0.25, 0.3) is 0 Å². The van der Waals surface area contributed by atoms with Crippen LogP contribution in [0.25, 0.3) is 0 Å². The zero-order valence-electron chi connectivity index (χ0n) is 5.74. The molecular formula is C7H8N2S. The average molecular weight is 152 g/mol. The highest BCUT2D eigenvalue weighted by molar-refractivity contribution is 7.99. The van der Waals surface area contributed by atoms with Gasteiger partial charge in [0.05, 0.1) is 5.75 Å². The molecule has 0 saturated carbocycles. The number of terminal acetylenes is 1. The lowest BCUT2D eigenvalue weighted by atomic mass is 10.8. The summed E-state index contributed by atoms with van der Waals surface area (Å²) >= 11 is 1.57. The van der Waals surface area contributed by atoms with Crippen molar-refractivity contribution in [2.24, 2.45) is 7.05 Å². The minimum Gasteiger partial charge on any atom is -0.329 e. The minimum absolute atomic E-state index is 0.685. The number of imidazole rings is 1. The summed E-state index contributed by atoms with van der Waals surface area (Å²) in [6.45, 7) is 0. The maximum Gasteiger partial charge on any atom is 0.168 e. The van der Waals surface area contributed by atoms with E-state index in [1.807, 2.05) is 17.8 Å². The molecule has 0 atom stereocenters. The van der Waals surface area contributed by atoms with Crippen LogP contribution in [0, 0.1) is 12.3 Å². The normalized spacial score (nSPS) is 9.20. The van der Waals surface area contributed by atoms with Crippen LogP contribution in [0.5, 0.6) is 0 Å². The average Bonchev–Trinajstić information content (AvgIpc) is 2.31. The lowest BCUT2D eigenvalue weighted by Gasteiger charge is -1.95. The zero-order chi connectivity index (χ0) is 7.40. The van der Waals surface area contributed by atoms with E-state index >= 15 is 0 Å². The predicted molar refractivity (Wildman–Crippen MR) is 42.8 cm³/mol. The van der Waals surface area contributed by atoms with E-state index in [0.29, 0.717) is 5.75 Å². The molecule has 0 aliphatic carbocycles. The Balaban J connectivity index is 2.59. The van der Waals surface area contributed by atoms with E-state index in [2.05, 4.69) is 10.9 Å². The molecule has 0 aliphatic rings. The molecule has 0 unspecified atom stereocenters. The van der Waals surface area contributed by atoms with Gasteiger partial charge in [-0.3, -0.25) is 0 Å². The minimum atomic E-state index is 0.685. The first-order chi connectivity index (χ1) is 4.84. The van der Waals surface area contributed by atoms with Gasteiger partial charge in [0.2, 0.25) is 0 Å². The molecule has 2 nitrogen and oxygen atoms in total. The van der Waals surface area contributed by atoms with Gasteiger partial charge in [-0.1, -0.05) is 17.7 Å². The topological polar surface area (TPSA) is 17.8 Å². The number of aromatic nitrogens is 2. The van der Waals surface area contributed by atoms with Crippen molar-refractivity contribution in [1.82, 2.24) is 9.55 Å². The molecule has 52 valence electrons. The van der Waals surface area contributed by atoms with Crippen LogP contribution >= 0.6 is 11.8 Å². The van der Waals surface area contributed by atoms with Gasteiger partial charge in [0, 0.05) is 19.4 Å². The maximum atomic E-state index is 5.09. The summed E-state index contributed by atoms with van der Waals surface area (Å²) in [7, 11) is 1.95. The third kappa shape index (κ3) is 1.55. The van der Waals surface area contributed by atoms with E-state index in [1.165, 1.54) is 0 Å². The molecule has 10 heavy (non-hydrogen) atoms. The molecule has 0 aliphatic heterocycles. The highest BCUT2D eigenvalue weighted by Gasteiger charge is 1.95. The van der Waals surface area contributed by atoms with Crippen molar-refractivity contribution in [2.75, 3.05) is 5.75 Å². The van der Waals surface area contributed by atoms with Crippen LogP contribution in [0.2, 0.25) is 0 Å². The molecule has 0 amide bonds. The first-order valence-corrected chi connectivity index (χ1v) is 3.86. The SMILES string of the molecule is C#CCSc1nccn1C. The van der Waals surface area contributed by atoms with Crippen molar-refractivity contribution in [3.63, 3.8) is 0 Å². The Bertz CT molecular complexity index is 246. The molecule has 0 bridgehead atoms. The Kier molecular flexibility index (Phi) is 2.41. The smallest absolute Gasteiger partial charge is 0.168 e. The van der Waals surface area contributed by atoms with Crippen LogP contribution in [0.15, 0.2) is 17.6 Å². The summed E-state index contributed by atoms with van der Waals surface area (Å²) in [6.07, 6.45) is 8.75. The van der Waals surface area contributed by atoms with Crippen LogP contribution in [-0.4, -0.2) is 15.3 Å². The molecule has 3 heteroatoms. The summed E-state index contributed by atoms with van der Waals surface area (Å²) in [4.78, 5) is 4.08. The summed E-state index contributed by atoms with van der Waals surface area (Å²) < 4.78 is 1.95. The number of rotatable bonds is 2. The molecule has 1 aromatic heterocycles. The Labute approximate surface area is 64.7 Å². The van der Waals surface area contributed by atoms with E-state index in [1.54, 1.807) is 18.0 Å². The number of aryl methyl sites for hydroxylation is 1. The number of nitrogens with zero attached hydrogens (tertiary/aromatic N) is 2. The van der Waals surface area contributed by atoms with Crippen LogP contribution in [0.3, 0.4) is 0 Å². The summed E-state index contributed by atoms with van der Waals surface area (Å²) in [6, 6.07) is 0. The van der Waals surface area contributed by atoms with E-state index in [0.717, 1.165) is 5.16 Å². The third-order valence-corrected chi connectivity index (χ3v) is 2.02. The first-order valence-electron chi connectivity index (χ1n) is 2.88. The monoisotopic (exact) mass is 152 g/mol. The standard InChI is InChI=1S/C7H8N2S/c1-3-6-10-7-8-4-5-9(7)2/h1,4-5H,6H2,2H3. The van der Waals surface area contributed by atoms with Crippen molar-refractivity contribution in [3.05, 3.63) is 12.4 Å². The van der Waals surface area contributed by atoms with Crippen LogP contribution in [0.1, 0.15) is 0 Å². The van der Waals surface area contributed by atoms with Gasteiger partial charge in [-0.05, 0) is 0 Å². The third-order valence-electron chi connectivity index (χ3n) is 1.06. The van der Waals surface area contributed by atoms with Crippen LogP contribution in [-0.2, 0) is 7.05 Å². The van der Waals surface area contributed by atoms with E-state index in [4.69, 9.17) is 6.42 Å². The van der Waals surface area contributed by atoms with Gasteiger partial charge in [-0.15, -0.1) is 6.42 Å². The van der Waals surface area contributed by atoms with E-state index in [-0.39, 0.29) is 0 Å². The molecule has 0 fully saturated rings. The summed E-state index contributed by atoms with van der Waals surface area (Å²) in [5.41, 5.74) is 0. The molecule has 0 N–H and O–H groups in total. The second-order valence-corrected chi connectivity index (χ2v) is 2.76. The predicted octanol–water partition coefficient (Wildman–Crippen LogP) is 1.15. The molecule has 1 heterocycles. The van der Waals surface area contributed by atoms with Gasteiger partial charge >= 0.3 is 0 Å². The van der Waals surface area contributed by atoms with Gasteiger partial charge in [0.15, 0.2) is 5.16 Å². The van der Waals surface area contributed by atoms with Crippen LogP contribution in [0.4, 0.5) is 0 Å². The molecule has 0 aromatic carbocycles. The van der Waals surface area contributed by atoms with Gasteiger partial charge < -0.3 is 4.57 Å². The quantitative estimate of drug-likeness (QED) is 0.467. The van der Waals surface area contributed by atoms with Gasteiger partial charge in [-0.2, -0.15) is 0 Å². The zero-order valence-corrected chi connectivity index (χ0v) is 6.56. The first kappa shape index (κ1) is 7.23. The molecule has 1 aromatic rings. The number of thioether (sulfide) groups is 1. The van der Waals surface area contributed by atoms with Crippen LogP contribution < -0.4 is 0 Å². The van der Waals surface area contributed by atoms with Gasteiger partial charge in [-0.25, -0.2) is 4.98 Å². The highest BCUT2D eigenvalue weighted by Crippen LogP contribution is 2.12.